The van der Waals surface area contributed by atoms with E-state index in [0.29, 0.717) is 13.1 Å². The zero-order valence-corrected chi connectivity index (χ0v) is 5.97. The van der Waals surface area contributed by atoms with Crippen LogP contribution in [-0.2, 0) is 0 Å². The van der Waals surface area contributed by atoms with Gasteiger partial charge in [-0.1, -0.05) is 0 Å². The summed E-state index contributed by atoms with van der Waals surface area (Å²) in [6.07, 6.45) is -1.94. The van der Waals surface area contributed by atoms with Gasteiger partial charge in [-0.2, -0.15) is 0 Å². The Morgan fingerprint density at radius 2 is 2.00 bits per heavy atom. The minimum Gasteiger partial charge on any atom is -0.360 e. The molecular weight excluding hydrogens is 168 g/mol. The maximum Gasteiger partial charge on any atom is 0.506 e. The summed E-state index contributed by atoms with van der Waals surface area (Å²) in [6, 6.07) is 0. The lowest BCUT2D eigenvalue weighted by Crippen LogP contribution is -2.42. The van der Waals surface area contributed by atoms with Crippen molar-refractivity contribution in [2.75, 3.05) is 13.1 Å². The Morgan fingerprint density at radius 1 is 1.42 bits per heavy atom. The molecule has 1 aliphatic rings. The lowest BCUT2D eigenvalue weighted by molar-refractivity contribution is -0.720. The van der Waals surface area contributed by atoms with Gasteiger partial charge in [0.15, 0.2) is 0 Å². The van der Waals surface area contributed by atoms with Gasteiger partial charge in [0.05, 0.1) is 6.54 Å². The molecule has 0 atom stereocenters. The number of hydrogen-bond acceptors (Lipinski definition) is 6. The topological polar surface area (TPSA) is 111 Å². The van der Waals surface area contributed by atoms with Crippen LogP contribution in [0, 0.1) is 20.2 Å². The maximum atomic E-state index is 10.2. The zero-order valence-electron chi connectivity index (χ0n) is 5.97. The second-order valence-electron chi connectivity index (χ2n) is 2.14. The molecular formula is C4H6N4O4. The van der Waals surface area contributed by atoms with Crippen molar-refractivity contribution in [3.63, 3.8) is 0 Å². The highest BCUT2D eigenvalue weighted by atomic mass is 16.7. The molecule has 8 heteroatoms. The minimum atomic E-state index is -1.94. The van der Waals surface area contributed by atoms with Gasteiger partial charge in [-0.05, 0) is 0 Å². The van der Waals surface area contributed by atoms with Crippen LogP contribution in [0.5, 0.6) is 0 Å². The Hall–Kier alpha value is -1.73. The summed E-state index contributed by atoms with van der Waals surface area (Å²) in [5, 5.41) is 22.8. The lowest BCUT2D eigenvalue weighted by Gasteiger charge is -2.00. The fourth-order valence-corrected chi connectivity index (χ4v) is 0.866. The second kappa shape index (κ2) is 3.11. The molecule has 0 aliphatic carbocycles. The number of nitrogens with zero attached hydrogens (tertiary/aromatic N) is 3. The normalized spacial score (nSPS) is 15.6. The SMILES string of the molecule is O=[N+]([O-])C(C1=NCCN1)[N+](=O)[O-]. The average Bonchev–Trinajstić information content (AvgIpc) is 2.37. The smallest absolute Gasteiger partial charge is 0.360 e. The summed E-state index contributed by atoms with van der Waals surface area (Å²) in [5.41, 5.74) is 0. The first-order chi connectivity index (χ1) is 5.63. The van der Waals surface area contributed by atoms with E-state index in [1.165, 1.54) is 0 Å². The van der Waals surface area contributed by atoms with E-state index in [-0.39, 0.29) is 5.84 Å². The molecule has 8 nitrogen and oxygen atoms in total. The molecule has 1 aliphatic heterocycles. The highest BCUT2D eigenvalue weighted by Gasteiger charge is 2.40. The Bertz CT molecular complexity index is 235. The molecule has 0 aromatic rings. The van der Waals surface area contributed by atoms with Crippen LogP contribution in [0.1, 0.15) is 0 Å². The van der Waals surface area contributed by atoms with E-state index in [0.717, 1.165) is 0 Å². The fourth-order valence-electron chi connectivity index (χ4n) is 0.866. The van der Waals surface area contributed by atoms with Crippen molar-refractivity contribution in [2.45, 2.75) is 6.17 Å². The Balaban J connectivity index is 2.78. The molecule has 1 N–H and O–H groups in total. The van der Waals surface area contributed by atoms with Crippen molar-refractivity contribution in [3.8, 4) is 0 Å². The van der Waals surface area contributed by atoms with Crippen LogP contribution in [0.3, 0.4) is 0 Å². The molecule has 0 aromatic carbocycles. The van der Waals surface area contributed by atoms with Gasteiger partial charge in [-0.25, -0.2) is 0 Å². The molecule has 0 spiro atoms. The van der Waals surface area contributed by atoms with E-state index in [1.807, 2.05) is 0 Å². The lowest BCUT2D eigenvalue weighted by atomic mass is 10.5. The van der Waals surface area contributed by atoms with Gasteiger partial charge in [0.25, 0.3) is 5.84 Å². The van der Waals surface area contributed by atoms with Gasteiger partial charge >= 0.3 is 6.17 Å². The number of amidine groups is 1. The first-order valence-electron chi connectivity index (χ1n) is 3.18. The van der Waals surface area contributed by atoms with Crippen molar-refractivity contribution >= 4 is 5.84 Å². The van der Waals surface area contributed by atoms with Gasteiger partial charge in [-0.3, -0.25) is 25.2 Å². The summed E-state index contributed by atoms with van der Waals surface area (Å²) >= 11 is 0. The molecule has 0 radical (unpaired) electrons. The fraction of sp³-hybridized carbons (Fsp3) is 0.750. The van der Waals surface area contributed by atoms with Gasteiger partial charge in [0, 0.05) is 6.54 Å². The van der Waals surface area contributed by atoms with Gasteiger partial charge < -0.3 is 5.32 Å². The summed E-state index contributed by atoms with van der Waals surface area (Å²) in [5.74, 6) is -0.162. The van der Waals surface area contributed by atoms with Crippen LogP contribution in [0.4, 0.5) is 0 Å². The van der Waals surface area contributed by atoms with Crippen LogP contribution in [0.25, 0.3) is 0 Å². The third kappa shape index (κ3) is 1.47. The molecule has 0 amide bonds. The van der Waals surface area contributed by atoms with E-state index in [9.17, 15) is 20.2 Å². The standard InChI is InChI=1S/C4H6N4O4/c9-7(10)4(8(11)12)3-5-1-2-6-3/h4H,1-2H2,(H,5,6). The van der Waals surface area contributed by atoms with E-state index >= 15 is 0 Å². The van der Waals surface area contributed by atoms with Crippen LogP contribution < -0.4 is 5.32 Å². The number of rotatable bonds is 3. The van der Waals surface area contributed by atoms with Crippen molar-refractivity contribution in [1.29, 1.82) is 0 Å². The predicted molar refractivity (Wildman–Crippen MR) is 38.1 cm³/mol. The van der Waals surface area contributed by atoms with E-state index in [2.05, 4.69) is 10.3 Å². The molecule has 0 fully saturated rings. The first kappa shape index (κ1) is 8.37. The average molecular weight is 174 g/mol. The van der Waals surface area contributed by atoms with Gasteiger partial charge in [0.1, 0.15) is 9.85 Å². The van der Waals surface area contributed by atoms with Crippen molar-refractivity contribution in [2.24, 2.45) is 4.99 Å². The number of hydrogen-bond donors (Lipinski definition) is 1. The Labute approximate surface area is 66.6 Å². The van der Waals surface area contributed by atoms with Crippen molar-refractivity contribution in [1.82, 2.24) is 5.32 Å². The van der Waals surface area contributed by atoms with Gasteiger partial charge in [-0.15, -0.1) is 0 Å². The summed E-state index contributed by atoms with van der Waals surface area (Å²) in [6.45, 7) is 0.779. The first-order valence-corrected chi connectivity index (χ1v) is 3.18. The van der Waals surface area contributed by atoms with Crippen LogP contribution in [0.2, 0.25) is 0 Å². The molecule has 1 rings (SSSR count). The molecule has 0 unspecified atom stereocenters. The molecule has 0 saturated carbocycles. The molecule has 12 heavy (non-hydrogen) atoms. The molecule has 0 aromatic heterocycles. The zero-order chi connectivity index (χ0) is 9.14. The summed E-state index contributed by atoms with van der Waals surface area (Å²) < 4.78 is 0. The molecule has 0 saturated heterocycles. The highest BCUT2D eigenvalue weighted by molar-refractivity contribution is 5.86. The van der Waals surface area contributed by atoms with Gasteiger partial charge in [0.2, 0.25) is 0 Å². The van der Waals surface area contributed by atoms with Crippen molar-refractivity contribution in [3.05, 3.63) is 20.2 Å². The maximum absolute atomic E-state index is 10.2. The Kier molecular flexibility index (Phi) is 2.17. The largest absolute Gasteiger partial charge is 0.506 e. The quantitative estimate of drug-likeness (QED) is 0.330. The van der Waals surface area contributed by atoms with Crippen LogP contribution >= 0.6 is 0 Å². The van der Waals surface area contributed by atoms with E-state index < -0.39 is 16.0 Å². The minimum absolute atomic E-state index is 0.162. The monoisotopic (exact) mass is 174 g/mol. The summed E-state index contributed by atoms with van der Waals surface area (Å²) in [4.78, 5) is 22.0. The highest BCUT2D eigenvalue weighted by Crippen LogP contribution is 1.97. The Morgan fingerprint density at radius 3 is 2.33 bits per heavy atom. The number of nitrogens with one attached hydrogen (secondary N) is 1. The molecule has 66 valence electrons. The van der Waals surface area contributed by atoms with E-state index in [1.54, 1.807) is 0 Å². The third-order valence-electron chi connectivity index (χ3n) is 1.34. The van der Waals surface area contributed by atoms with Crippen LogP contribution in [0.15, 0.2) is 4.99 Å². The number of aliphatic imine (C=N–C) groups is 1. The number of nitro groups is 2. The van der Waals surface area contributed by atoms with Crippen LogP contribution in [-0.4, -0.2) is 34.9 Å². The van der Waals surface area contributed by atoms with Crippen molar-refractivity contribution < 1.29 is 9.85 Å². The summed E-state index contributed by atoms with van der Waals surface area (Å²) in [7, 11) is 0. The predicted octanol–water partition coefficient (Wildman–Crippen LogP) is -1.13. The van der Waals surface area contributed by atoms with E-state index in [4.69, 9.17) is 0 Å². The second-order valence-corrected chi connectivity index (χ2v) is 2.14. The molecule has 0 bridgehead atoms. The third-order valence-corrected chi connectivity index (χ3v) is 1.34. The molecule has 1 heterocycles.